The Morgan fingerprint density at radius 3 is 2.15 bits per heavy atom. The Morgan fingerprint density at radius 1 is 1.04 bits per heavy atom. The second-order valence-electron chi connectivity index (χ2n) is 6.83. The lowest BCUT2D eigenvalue weighted by atomic mass is 9.98. The number of carbonyl (C=O) groups is 1. The summed E-state index contributed by atoms with van der Waals surface area (Å²) in [5.41, 5.74) is 7.40. The number of anilines is 1. The van der Waals surface area contributed by atoms with Crippen LogP contribution in [0.5, 0.6) is 11.5 Å². The Balaban J connectivity index is 0.00000261. The molecule has 1 saturated carbocycles. The first-order chi connectivity index (χ1) is 12.6. The van der Waals surface area contributed by atoms with Crippen molar-refractivity contribution in [3.63, 3.8) is 0 Å². The third-order valence-electron chi connectivity index (χ3n) is 4.81. The van der Waals surface area contributed by atoms with E-state index in [4.69, 9.17) is 15.2 Å². The molecule has 0 bridgehead atoms. The highest BCUT2D eigenvalue weighted by Gasteiger charge is 2.36. The molecule has 0 saturated heterocycles. The first kappa shape index (κ1) is 21.2. The fourth-order valence-corrected chi connectivity index (χ4v) is 3.17. The number of methoxy groups -OCH3 is 1. The van der Waals surface area contributed by atoms with Crippen LogP contribution in [0, 0.1) is 0 Å². The van der Waals surface area contributed by atoms with E-state index >= 15 is 0 Å². The zero-order chi connectivity index (χ0) is 18.4. The fraction of sp³-hybridized carbons (Fsp3) is 0.381. The summed E-state index contributed by atoms with van der Waals surface area (Å²) in [6.45, 7) is 0.706. The molecule has 27 heavy (non-hydrogen) atoms. The molecule has 146 valence electrons. The van der Waals surface area contributed by atoms with Crippen LogP contribution in [0.3, 0.4) is 0 Å². The van der Waals surface area contributed by atoms with Crippen LogP contribution >= 0.6 is 12.4 Å². The summed E-state index contributed by atoms with van der Waals surface area (Å²) in [7, 11) is 1.70. The van der Waals surface area contributed by atoms with E-state index in [0.717, 1.165) is 49.3 Å². The average molecular weight is 391 g/mol. The van der Waals surface area contributed by atoms with Crippen LogP contribution in [0.2, 0.25) is 0 Å². The second kappa shape index (κ2) is 9.74. The van der Waals surface area contributed by atoms with Gasteiger partial charge in [0, 0.05) is 12.8 Å². The number of rotatable bonds is 7. The van der Waals surface area contributed by atoms with Gasteiger partial charge in [0.2, 0.25) is 5.91 Å². The summed E-state index contributed by atoms with van der Waals surface area (Å²) in [6, 6.07) is 15.3. The van der Waals surface area contributed by atoms with Gasteiger partial charge in [0.1, 0.15) is 11.5 Å². The van der Waals surface area contributed by atoms with Crippen molar-refractivity contribution >= 4 is 24.0 Å². The van der Waals surface area contributed by atoms with Gasteiger partial charge in [0.05, 0.1) is 12.1 Å². The molecular weight excluding hydrogens is 364 g/mol. The molecule has 0 radical (unpaired) electrons. The van der Waals surface area contributed by atoms with Gasteiger partial charge in [-0.25, -0.2) is 0 Å². The minimum Gasteiger partial charge on any atom is -0.457 e. The minimum atomic E-state index is -0.722. The predicted octanol–water partition coefficient (Wildman–Crippen LogP) is 4.30. The Labute approximate surface area is 166 Å². The number of halogens is 1. The smallest absolute Gasteiger partial charge is 0.244 e. The van der Waals surface area contributed by atoms with Crippen molar-refractivity contribution < 1.29 is 14.3 Å². The number of amides is 1. The highest BCUT2D eigenvalue weighted by atomic mass is 35.5. The molecule has 1 fully saturated rings. The number of ether oxygens (including phenoxy) is 2. The third-order valence-corrected chi connectivity index (χ3v) is 4.81. The number of hydrogen-bond donors (Lipinski definition) is 2. The van der Waals surface area contributed by atoms with Crippen LogP contribution in [0.1, 0.15) is 31.2 Å². The van der Waals surface area contributed by atoms with Gasteiger partial charge < -0.3 is 20.5 Å². The van der Waals surface area contributed by atoms with E-state index in [0.29, 0.717) is 6.61 Å². The lowest BCUT2D eigenvalue weighted by Crippen LogP contribution is -2.48. The molecule has 1 aliphatic rings. The van der Waals surface area contributed by atoms with Gasteiger partial charge in [-0.1, -0.05) is 25.0 Å². The zero-order valence-electron chi connectivity index (χ0n) is 15.6. The van der Waals surface area contributed by atoms with Crippen LogP contribution in [-0.4, -0.2) is 25.2 Å². The highest BCUT2D eigenvalue weighted by Crippen LogP contribution is 2.29. The van der Waals surface area contributed by atoms with E-state index in [1.807, 2.05) is 48.5 Å². The van der Waals surface area contributed by atoms with Crippen LogP contribution in [0.15, 0.2) is 48.5 Å². The molecule has 0 aromatic heterocycles. The van der Waals surface area contributed by atoms with E-state index in [-0.39, 0.29) is 18.3 Å². The molecule has 2 aromatic rings. The van der Waals surface area contributed by atoms with Crippen LogP contribution in [0.4, 0.5) is 5.69 Å². The molecule has 5 nitrogen and oxygen atoms in total. The normalized spacial score (nSPS) is 15.0. The summed E-state index contributed by atoms with van der Waals surface area (Å²) in [4.78, 5) is 12.3. The maximum absolute atomic E-state index is 12.3. The summed E-state index contributed by atoms with van der Waals surface area (Å²) < 4.78 is 10.9. The van der Waals surface area contributed by atoms with Crippen molar-refractivity contribution in [2.45, 2.75) is 37.6 Å². The summed E-state index contributed by atoms with van der Waals surface area (Å²) >= 11 is 0. The summed E-state index contributed by atoms with van der Waals surface area (Å²) in [5, 5.41) is 2.91. The molecule has 3 rings (SSSR count). The van der Waals surface area contributed by atoms with Crippen molar-refractivity contribution in [1.29, 1.82) is 0 Å². The molecule has 0 atom stereocenters. The third kappa shape index (κ3) is 5.70. The van der Waals surface area contributed by atoms with E-state index in [1.165, 1.54) is 5.56 Å². The molecule has 1 amide bonds. The van der Waals surface area contributed by atoms with Crippen LogP contribution < -0.4 is 15.8 Å². The topological polar surface area (TPSA) is 73.6 Å². The Kier molecular flexibility index (Phi) is 7.66. The Morgan fingerprint density at radius 2 is 1.59 bits per heavy atom. The van der Waals surface area contributed by atoms with Gasteiger partial charge in [0.15, 0.2) is 0 Å². The van der Waals surface area contributed by atoms with Gasteiger partial charge >= 0.3 is 0 Å². The van der Waals surface area contributed by atoms with Crippen molar-refractivity contribution in [2.75, 3.05) is 19.0 Å². The molecular formula is C21H27ClN2O3. The maximum Gasteiger partial charge on any atom is 0.244 e. The maximum atomic E-state index is 12.3. The molecule has 0 spiro atoms. The first-order valence-corrected chi connectivity index (χ1v) is 9.05. The number of nitrogens with one attached hydrogen (secondary N) is 1. The Hall–Kier alpha value is -2.08. The van der Waals surface area contributed by atoms with E-state index < -0.39 is 5.54 Å². The van der Waals surface area contributed by atoms with Crippen molar-refractivity contribution in [3.05, 3.63) is 54.1 Å². The molecule has 2 aromatic carbocycles. The van der Waals surface area contributed by atoms with Crippen molar-refractivity contribution in [3.8, 4) is 11.5 Å². The average Bonchev–Trinajstić information content (AvgIpc) is 3.11. The van der Waals surface area contributed by atoms with Crippen LogP contribution in [-0.2, 0) is 16.0 Å². The first-order valence-electron chi connectivity index (χ1n) is 9.05. The number of hydrogen-bond acceptors (Lipinski definition) is 4. The van der Waals surface area contributed by atoms with E-state index in [1.54, 1.807) is 7.11 Å². The number of benzene rings is 2. The molecule has 0 unspecified atom stereocenters. The lowest BCUT2D eigenvalue weighted by molar-refractivity contribution is -0.121. The molecule has 3 N–H and O–H groups in total. The largest absolute Gasteiger partial charge is 0.457 e. The van der Waals surface area contributed by atoms with E-state index in [2.05, 4.69) is 5.32 Å². The van der Waals surface area contributed by atoms with Crippen molar-refractivity contribution in [2.24, 2.45) is 5.73 Å². The predicted molar refractivity (Wildman–Crippen MR) is 110 cm³/mol. The minimum absolute atomic E-state index is 0. The standard InChI is InChI=1S/C21H26N2O3.ClH/c1-25-15-12-16-4-8-18(9-5-16)26-19-10-6-17(7-11-19)23-20(24)21(22)13-2-3-14-21;/h4-11H,2-3,12-15,22H2,1H3,(H,23,24);1H. The molecule has 6 heteroatoms. The van der Waals surface area contributed by atoms with Gasteiger partial charge in [-0.3, -0.25) is 4.79 Å². The summed E-state index contributed by atoms with van der Waals surface area (Å²) in [5.74, 6) is 1.39. The van der Waals surface area contributed by atoms with Crippen molar-refractivity contribution in [1.82, 2.24) is 0 Å². The Bertz CT molecular complexity index is 726. The highest BCUT2D eigenvalue weighted by molar-refractivity contribution is 5.98. The number of nitrogens with two attached hydrogens (primary N) is 1. The molecule has 0 heterocycles. The summed E-state index contributed by atoms with van der Waals surface area (Å²) in [6.07, 6.45) is 4.41. The SMILES string of the molecule is COCCc1ccc(Oc2ccc(NC(=O)C3(N)CCCC3)cc2)cc1.Cl. The lowest BCUT2D eigenvalue weighted by Gasteiger charge is -2.22. The van der Waals surface area contributed by atoms with Gasteiger partial charge in [-0.2, -0.15) is 0 Å². The van der Waals surface area contributed by atoms with Gasteiger partial charge in [-0.15, -0.1) is 12.4 Å². The molecule has 1 aliphatic carbocycles. The van der Waals surface area contributed by atoms with Crippen LogP contribution in [0.25, 0.3) is 0 Å². The second-order valence-corrected chi connectivity index (χ2v) is 6.83. The zero-order valence-corrected chi connectivity index (χ0v) is 16.4. The quantitative estimate of drug-likeness (QED) is 0.739. The fourth-order valence-electron chi connectivity index (χ4n) is 3.17. The van der Waals surface area contributed by atoms with Gasteiger partial charge in [-0.05, 0) is 61.2 Å². The number of carbonyl (C=O) groups excluding carboxylic acids is 1. The monoisotopic (exact) mass is 390 g/mol. The van der Waals surface area contributed by atoms with Gasteiger partial charge in [0.25, 0.3) is 0 Å². The van der Waals surface area contributed by atoms with E-state index in [9.17, 15) is 4.79 Å². The molecule has 0 aliphatic heterocycles.